The fourth-order valence-electron chi connectivity index (χ4n) is 1.37. The Balaban J connectivity index is 2.67. The second-order valence-electron chi connectivity index (χ2n) is 3.09. The summed E-state index contributed by atoms with van der Waals surface area (Å²) in [5.41, 5.74) is 0. The summed E-state index contributed by atoms with van der Waals surface area (Å²) in [6.07, 6.45) is -0.220. The molecular weight excluding hydrogens is 178 g/mol. The first-order chi connectivity index (χ1) is 5.55. The Bertz CT molecular complexity index is 290. The van der Waals surface area contributed by atoms with Crippen molar-refractivity contribution in [3.05, 3.63) is 0 Å². The number of sulfone groups is 1. The minimum absolute atomic E-state index is 0.0400. The number of aliphatic hydroxyl groups is 1. The fourth-order valence-corrected chi connectivity index (χ4v) is 3.13. The van der Waals surface area contributed by atoms with E-state index >= 15 is 0 Å². The minimum atomic E-state index is -3.00. The average molecular weight is 189 g/mol. The van der Waals surface area contributed by atoms with E-state index in [-0.39, 0.29) is 30.3 Å². The Morgan fingerprint density at radius 2 is 2.25 bits per heavy atom. The van der Waals surface area contributed by atoms with Gasteiger partial charge >= 0.3 is 0 Å². The highest BCUT2D eigenvalue weighted by atomic mass is 32.2. The lowest BCUT2D eigenvalue weighted by Gasteiger charge is -2.25. The SMILES string of the molecule is N#CCC1CS(=O)(=O)CCC1O. The molecule has 2 unspecified atom stereocenters. The smallest absolute Gasteiger partial charge is 0.150 e. The molecule has 0 aromatic rings. The molecule has 0 amide bonds. The van der Waals surface area contributed by atoms with Gasteiger partial charge in [-0.25, -0.2) is 8.42 Å². The van der Waals surface area contributed by atoms with Gasteiger partial charge in [0.15, 0.2) is 9.84 Å². The standard InChI is InChI=1S/C7H11NO3S/c8-3-1-6-5-12(10,11)4-2-7(6)9/h6-7,9H,1-2,4-5H2. The van der Waals surface area contributed by atoms with E-state index < -0.39 is 15.9 Å². The van der Waals surface area contributed by atoms with Gasteiger partial charge < -0.3 is 5.11 Å². The van der Waals surface area contributed by atoms with Crippen molar-refractivity contribution in [2.75, 3.05) is 11.5 Å². The lowest BCUT2D eigenvalue weighted by atomic mass is 9.99. The summed E-state index contributed by atoms with van der Waals surface area (Å²) in [6, 6.07) is 1.88. The van der Waals surface area contributed by atoms with Crippen molar-refractivity contribution >= 4 is 9.84 Å². The third kappa shape index (κ3) is 2.19. The Morgan fingerprint density at radius 1 is 1.58 bits per heavy atom. The second-order valence-corrected chi connectivity index (χ2v) is 5.32. The predicted octanol–water partition coefficient (Wildman–Crippen LogP) is -0.304. The maximum absolute atomic E-state index is 11.1. The highest BCUT2D eigenvalue weighted by Crippen LogP contribution is 2.21. The van der Waals surface area contributed by atoms with E-state index in [1.165, 1.54) is 0 Å². The number of nitrogens with zero attached hydrogens (tertiary/aromatic N) is 1. The number of rotatable bonds is 1. The minimum Gasteiger partial charge on any atom is -0.393 e. The van der Waals surface area contributed by atoms with Gasteiger partial charge in [-0.2, -0.15) is 5.26 Å². The molecule has 1 heterocycles. The van der Waals surface area contributed by atoms with Gasteiger partial charge in [-0.3, -0.25) is 0 Å². The van der Waals surface area contributed by atoms with Crippen molar-refractivity contribution in [3.8, 4) is 6.07 Å². The number of hydrogen-bond donors (Lipinski definition) is 1. The molecule has 1 saturated heterocycles. The molecule has 1 rings (SSSR count). The van der Waals surface area contributed by atoms with E-state index in [1.807, 2.05) is 6.07 Å². The van der Waals surface area contributed by atoms with Crippen molar-refractivity contribution in [3.63, 3.8) is 0 Å². The van der Waals surface area contributed by atoms with Gasteiger partial charge in [0.1, 0.15) is 0 Å². The van der Waals surface area contributed by atoms with Gasteiger partial charge in [0.05, 0.1) is 23.7 Å². The molecule has 68 valence electrons. The molecule has 1 N–H and O–H groups in total. The van der Waals surface area contributed by atoms with Gasteiger partial charge in [0.25, 0.3) is 0 Å². The average Bonchev–Trinajstić information content (AvgIpc) is 1.97. The molecule has 1 aliphatic heterocycles. The molecule has 0 spiro atoms. The number of hydrogen-bond acceptors (Lipinski definition) is 4. The molecule has 5 heteroatoms. The topological polar surface area (TPSA) is 78.2 Å². The van der Waals surface area contributed by atoms with Crippen LogP contribution in [0.2, 0.25) is 0 Å². The summed E-state index contributed by atoms with van der Waals surface area (Å²) in [4.78, 5) is 0. The van der Waals surface area contributed by atoms with Crippen LogP contribution < -0.4 is 0 Å². The Morgan fingerprint density at radius 3 is 2.83 bits per heavy atom. The molecule has 1 fully saturated rings. The van der Waals surface area contributed by atoms with E-state index in [4.69, 9.17) is 5.26 Å². The van der Waals surface area contributed by atoms with Gasteiger partial charge in [-0.1, -0.05) is 0 Å². The quantitative estimate of drug-likeness (QED) is 0.614. The van der Waals surface area contributed by atoms with Crippen LogP contribution in [-0.2, 0) is 9.84 Å². The van der Waals surface area contributed by atoms with Gasteiger partial charge in [-0.05, 0) is 6.42 Å². The van der Waals surface area contributed by atoms with Crippen LogP contribution >= 0.6 is 0 Å². The second kappa shape index (κ2) is 3.42. The Hall–Kier alpha value is -0.600. The molecule has 1 aliphatic rings. The zero-order valence-corrected chi connectivity index (χ0v) is 7.42. The molecule has 0 bridgehead atoms. The Kier molecular flexibility index (Phi) is 2.70. The zero-order valence-electron chi connectivity index (χ0n) is 6.60. The van der Waals surface area contributed by atoms with Crippen LogP contribution in [0.5, 0.6) is 0 Å². The highest BCUT2D eigenvalue weighted by molar-refractivity contribution is 7.91. The summed E-state index contributed by atoms with van der Waals surface area (Å²) < 4.78 is 22.1. The van der Waals surface area contributed by atoms with E-state index in [2.05, 4.69) is 0 Å². The molecule has 0 aromatic carbocycles. The molecule has 0 aromatic heterocycles. The largest absolute Gasteiger partial charge is 0.393 e. The van der Waals surface area contributed by atoms with E-state index in [0.29, 0.717) is 0 Å². The lowest BCUT2D eigenvalue weighted by molar-refractivity contribution is 0.112. The summed E-state index contributed by atoms with van der Waals surface area (Å²) in [5, 5.41) is 17.7. The van der Waals surface area contributed by atoms with Crippen LogP contribution in [0.3, 0.4) is 0 Å². The van der Waals surface area contributed by atoms with Crippen LogP contribution in [-0.4, -0.2) is 31.1 Å². The summed E-state index contributed by atoms with van der Waals surface area (Å²) in [7, 11) is -3.00. The van der Waals surface area contributed by atoms with Crippen molar-refractivity contribution in [2.45, 2.75) is 18.9 Å². The molecular formula is C7H11NO3S. The molecule has 0 saturated carbocycles. The van der Waals surface area contributed by atoms with Crippen LogP contribution in [0.4, 0.5) is 0 Å². The number of nitriles is 1. The third-order valence-corrected chi connectivity index (χ3v) is 3.88. The molecule has 0 radical (unpaired) electrons. The zero-order chi connectivity index (χ0) is 9.19. The number of aliphatic hydroxyl groups excluding tert-OH is 1. The lowest BCUT2D eigenvalue weighted by Crippen LogP contribution is -2.36. The molecule has 4 nitrogen and oxygen atoms in total. The van der Waals surface area contributed by atoms with Crippen LogP contribution in [0, 0.1) is 17.2 Å². The normalized spacial score (nSPS) is 34.0. The maximum atomic E-state index is 11.1. The van der Waals surface area contributed by atoms with Gasteiger partial charge in [0.2, 0.25) is 0 Å². The van der Waals surface area contributed by atoms with Crippen LogP contribution in [0.1, 0.15) is 12.8 Å². The first-order valence-electron chi connectivity index (χ1n) is 3.80. The van der Waals surface area contributed by atoms with Gasteiger partial charge in [-0.15, -0.1) is 0 Å². The monoisotopic (exact) mass is 189 g/mol. The first kappa shape index (κ1) is 9.49. The van der Waals surface area contributed by atoms with Crippen molar-refractivity contribution in [1.82, 2.24) is 0 Å². The molecule has 2 atom stereocenters. The van der Waals surface area contributed by atoms with E-state index in [1.54, 1.807) is 0 Å². The van der Waals surface area contributed by atoms with Crippen molar-refractivity contribution in [2.24, 2.45) is 5.92 Å². The fraction of sp³-hybridized carbons (Fsp3) is 0.857. The summed E-state index contributed by atoms with van der Waals surface area (Å²) in [6.45, 7) is 0. The molecule has 0 aliphatic carbocycles. The summed E-state index contributed by atoms with van der Waals surface area (Å²) >= 11 is 0. The van der Waals surface area contributed by atoms with E-state index in [0.717, 1.165) is 0 Å². The van der Waals surface area contributed by atoms with E-state index in [9.17, 15) is 13.5 Å². The van der Waals surface area contributed by atoms with Crippen LogP contribution in [0.15, 0.2) is 0 Å². The molecule has 12 heavy (non-hydrogen) atoms. The Labute approximate surface area is 71.7 Å². The highest BCUT2D eigenvalue weighted by Gasteiger charge is 2.31. The van der Waals surface area contributed by atoms with Crippen molar-refractivity contribution in [1.29, 1.82) is 5.26 Å². The van der Waals surface area contributed by atoms with Crippen LogP contribution in [0.25, 0.3) is 0 Å². The van der Waals surface area contributed by atoms with Crippen molar-refractivity contribution < 1.29 is 13.5 Å². The maximum Gasteiger partial charge on any atom is 0.150 e. The van der Waals surface area contributed by atoms with Gasteiger partial charge in [0, 0.05) is 12.3 Å². The summed E-state index contributed by atoms with van der Waals surface area (Å²) in [5.74, 6) is -0.369. The third-order valence-electron chi connectivity index (χ3n) is 2.09. The predicted molar refractivity (Wildman–Crippen MR) is 43.0 cm³/mol. The first-order valence-corrected chi connectivity index (χ1v) is 5.63.